The van der Waals surface area contributed by atoms with Crippen LogP contribution in [-0.4, -0.2) is 6.61 Å². The Hall–Kier alpha value is -0.210. The van der Waals surface area contributed by atoms with E-state index in [2.05, 4.69) is 28.1 Å². The maximum absolute atomic E-state index is 6.75. The van der Waals surface area contributed by atoms with E-state index in [9.17, 15) is 0 Å². The molecule has 2 saturated carbocycles. The van der Waals surface area contributed by atoms with Crippen LogP contribution in [0.1, 0.15) is 43.5 Å². The Kier molecular flexibility index (Phi) is 4.09. The summed E-state index contributed by atoms with van der Waals surface area (Å²) in [6.07, 6.45) is 5.55. The summed E-state index contributed by atoms with van der Waals surface area (Å²) in [6, 6.07) is 6.29. The lowest BCUT2D eigenvalue weighted by Gasteiger charge is -2.26. The van der Waals surface area contributed by atoms with Crippen molar-refractivity contribution >= 4 is 27.5 Å². The van der Waals surface area contributed by atoms with Gasteiger partial charge >= 0.3 is 0 Å². The summed E-state index contributed by atoms with van der Waals surface area (Å²) < 4.78 is 6.57. The first kappa shape index (κ1) is 13.8. The third-order valence-corrected chi connectivity index (χ3v) is 5.94. The van der Waals surface area contributed by atoms with Crippen LogP contribution in [-0.2, 0) is 0 Å². The first-order chi connectivity index (χ1) is 9.19. The van der Waals surface area contributed by atoms with Crippen molar-refractivity contribution in [3.8, 4) is 5.75 Å². The Labute approximate surface area is 128 Å². The Morgan fingerprint density at radius 2 is 2.21 bits per heavy atom. The minimum atomic E-state index is 0.155. The zero-order chi connectivity index (χ0) is 13.4. The lowest BCUT2D eigenvalue weighted by Crippen LogP contribution is -2.15. The van der Waals surface area contributed by atoms with Gasteiger partial charge in [-0.15, -0.1) is 11.6 Å². The summed E-state index contributed by atoms with van der Waals surface area (Å²) in [6.45, 7) is 2.69. The predicted octanol–water partition coefficient (Wildman–Crippen LogP) is 5.56. The monoisotopic (exact) mass is 342 g/mol. The minimum Gasteiger partial charge on any atom is -0.493 e. The molecular formula is C16H20BrClO. The van der Waals surface area contributed by atoms with Crippen LogP contribution < -0.4 is 4.74 Å². The van der Waals surface area contributed by atoms with Gasteiger partial charge in [-0.2, -0.15) is 0 Å². The molecule has 4 atom stereocenters. The summed E-state index contributed by atoms with van der Waals surface area (Å²) in [5.41, 5.74) is 1.23. The van der Waals surface area contributed by atoms with Crippen LogP contribution in [0.2, 0.25) is 0 Å². The number of rotatable bonds is 4. The highest BCUT2D eigenvalue weighted by atomic mass is 79.9. The highest BCUT2D eigenvalue weighted by Gasteiger charge is 2.42. The van der Waals surface area contributed by atoms with Gasteiger partial charge in [-0.1, -0.05) is 12.5 Å². The second-order valence-electron chi connectivity index (χ2n) is 5.86. The van der Waals surface area contributed by atoms with Crippen molar-refractivity contribution in [3.63, 3.8) is 0 Å². The number of benzene rings is 1. The molecule has 3 heteroatoms. The molecule has 0 aromatic heterocycles. The third kappa shape index (κ3) is 2.67. The Morgan fingerprint density at radius 1 is 1.37 bits per heavy atom. The van der Waals surface area contributed by atoms with E-state index >= 15 is 0 Å². The van der Waals surface area contributed by atoms with Gasteiger partial charge < -0.3 is 4.74 Å². The van der Waals surface area contributed by atoms with Crippen molar-refractivity contribution in [2.75, 3.05) is 6.61 Å². The zero-order valence-electron chi connectivity index (χ0n) is 11.2. The van der Waals surface area contributed by atoms with E-state index in [4.69, 9.17) is 16.3 Å². The number of hydrogen-bond acceptors (Lipinski definition) is 1. The molecule has 2 aliphatic carbocycles. The van der Waals surface area contributed by atoms with Crippen molar-refractivity contribution in [2.45, 2.75) is 38.0 Å². The molecule has 2 bridgehead atoms. The van der Waals surface area contributed by atoms with Gasteiger partial charge in [0.05, 0.1) is 16.5 Å². The summed E-state index contributed by atoms with van der Waals surface area (Å²) in [7, 11) is 0. The number of fused-ring (bicyclic) bond motifs is 2. The summed E-state index contributed by atoms with van der Waals surface area (Å²) >= 11 is 10.3. The highest BCUT2D eigenvalue weighted by molar-refractivity contribution is 9.10. The standard InChI is InChI=1S/C16H20BrClO/c1-2-19-15-6-5-12(9-14(15)17)16(18)13-8-10-3-4-11(13)7-10/h5-6,9-11,13,16H,2-4,7-8H2,1H3. The van der Waals surface area contributed by atoms with Gasteiger partial charge in [0.1, 0.15) is 5.75 Å². The number of alkyl halides is 1. The molecule has 0 radical (unpaired) electrons. The van der Waals surface area contributed by atoms with Gasteiger partial charge in [0.2, 0.25) is 0 Å². The van der Waals surface area contributed by atoms with Gasteiger partial charge in [-0.25, -0.2) is 0 Å². The van der Waals surface area contributed by atoms with Gasteiger partial charge in [0, 0.05) is 0 Å². The fourth-order valence-corrected chi connectivity index (χ4v) is 4.82. The fraction of sp³-hybridized carbons (Fsp3) is 0.625. The van der Waals surface area contributed by atoms with Crippen LogP contribution in [0, 0.1) is 17.8 Å². The van der Waals surface area contributed by atoms with E-state index in [1.165, 1.54) is 31.2 Å². The highest BCUT2D eigenvalue weighted by Crippen LogP contribution is 2.54. The second kappa shape index (κ2) is 5.65. The molecule has 1 nitrogen and oxygen atoms in total. The van der Waals surface area contributed by atoms with E-state index in [-0.39, 0.29) is 5.38 Å². The van der Waals surface area contributed by atoms with Crippen LogP contribution in [0.15, 0.2) is 22.7 Å². The molecule has 0 saturated heterocycles. The Bertz CT molecular complexity index is 462. The molecule has 19 heavy (non-hydrogen) atoms. The number of hydrogen-bond donors (Lipinski definition) is 0. The van der Waals surface area contributed by atoms with Crippen LogP contribution in [0.25, 0.3) is 0 Å². The maximum Gasteiger partial charge on any atom is 0.133 e. The summed E-state index contributed by atoms with van der Waals surface area (Å²) in [5, 5.41) is 0.155. The van der Waals surface area contributed by atoms with Crippen LogP contribution in [0.3, 0.4) is 0 Å². The average molecular weight is 344 g/mol. The van der Waals surface area contributed by atoms with Gasteiger partial charge in [0.25, 0.3) is 0 Å². The van der Waals surface area contributed by atoms with Gasteiger partial charge in [-0.3, -0.25) is 0 Å². The first-order valence-electron chi connectivity index (χ1n) is 7.25. The molecule has 1 aromatic rings. The van der Waals surface area contributed by atoms with E-state index in [0.29, 0.717) is 12.5 Å². The minimum absolute atomic E-state index is 0.155. The molecule has 1 aromatic carbocycles. The van der Waals surface area contributed by atoms with E-state index in [1.54, 1.807) is 0 Å². The van der Waals surface area contributed by atoms with Crippen molar-refractivity contribution < 1.29 is 4.74 Å². The summed E-state index contributed by atoms with van der Waals surface area (Å²) in [4.78, 5) is 0. The lowest BCUT2D eigenvalue weighted by molar-refractivity contribution is 0.322. The predicted molar refractivity (Wildman–Crippen MR) is 82.8 cm³/mol. The number of halogens is 2. The van der Waals surface area contributed by atoms with Crippen LogP contribution >= 0.6 is 27.5 Å². The topological polar surface area (TPSA) is 9.23 Å². The van der Waals surface area contributed by atoms with Gasteiger partial charge in [-0.05, 0) is 77.6 Å². The molecule has 2 fully saturated rings. The molecule has 0 spiro atoms. The zero-order valence-corrected chi connectivity index (χ0v) is 13.6. The van der Waals surface area contributed by atoms with Crippen LogP contribution in [0.5, 0.6) is 5.75 Å². The molecule has 2 aliphatic rings. The van der Waals surface area contributed by atoms with E-state index < -0.39 is 0 Å². The molecule has 0 N–H and O–H groups in total. The lowest BCUT2D eigenvalue weighted by atomic mass is 9.84. The SMILES string of the molecule is CCOc1ccc(C(Cl)C2CC3CCC2C3)cc1Br. The Balaban J connectivity index is 1.76. The van der Waals surface area contributed by atoms with Crippen molar-refractivity contribution in [2.24, 2.45) is 17.8 Å². The molecular weight excluding hydrogens is 324 g/mol. The molecule has 4 unspecified atom stereocenters. The van der Waals surface area contributed by atoms with E-state index in [0.717, 1.165) is 22.1 Å². The quantitative estimate of drug-likeness (QED) is 0.650. The molecule has 104 valence electrons. The smallest absolute Gasteiger partial charge is 0.133 e. The largest absolute Gasteiger partial charge is 0.493 e. The number of ether oxygens (including phenoxy) is 1. The van der Waals surface area contributed by atoms with E-state index in [1.807, 2.05) is 13.0 Å². The van der Waals surface area contributed by atoms with Crippen molar-refractivity contribution in [3.05, 3.63) is 28.2 Å². The third-order valence-electron chi connectivity index (χ3n) is 4.74. The van der Waals surface area contributed by atoms with Gasteiger partial charge in [0.15, 0.2) is 0 Å². The molecule has 0 amide bonds. The fourth-order valence-electron chi connectivity index (χ4n) is 3.86. The second-order valence-corrected chi connectivity index (χ2v) is 7.19. The summed E-state index contributed by atoms with van der Waals surface area (Å²) in [5.74, 6) is 3.38. The molecule has 0 aliphatic heterocycles. The normalized spacial score (nSPS) is 30.6. The van der Waals surface area contributed by atoms with Crippen molar-refractivity contribution in [1.29, 1.82) is 0 Å². The Morgan fingerprint density at radius 3 is 2.79 bits per heavy atom. The molecule has 0 heterocycles. The molecule has 3 rings (SSSR count). The maximum atomic E-state index is 6.75. The average Bonchev–Trinajstić information content (AvgIpc) is 3.03. The van der Waals surface area contributed by atoms with Crippen LogP contribution in [0.4, 0.5) is 0 Å². The van der Waals surface area contributed by atoms with Crippen molar-refractivity contribution in [1.82, 2.24) is 0 Å². The first-order valence-corrected chi connectivity index (χ1v) is 8.48.